The summed E-state index contributed by atoms with van der Waals surface area (Å²) in [6, 6.07) is 0. The van der Waals surface area contributed by atoms with Crippen LogP contribution < -0.4 is 0 Å². The average molecular weight is 119 g/mol. The molecular weight excluding hydrogens is 112 g/mol. The van der Waals surface area contributed by atoms with Gasteiger partial charge in [-0.25, -0.2) is 0 Å². The highest BCUT2D eigenvalue weighted by Crippen LogP contribution is 2.25. The molecule has 1 heteroatoms. The van der Waals surface area contributed by atoms with Gasteiger partial charge in [-0.15, -0.1) is 6.42 Å². The van der Waals surface area contributed by atoms with Crippen LogP contribution in [-0.4, -0.2) is 11.2 Å². The molecule has 45 valence electrons. The van der Waals surface area contributed by atoms with Gasteiger partial charge in [-0.1, -0.05) is 5.92 Å². The first-order valence-corrected chi connectivity index (χ1v) is 2.70. The fraction of sp³-hybridized carbons (Fsp3) is 0.125. The van der Waals surface area contributed by atoms with Crippen molar-refractivity contribution in [3.05, 3.63) is 31.6 Å². The summed E-state index contributed by atoms with van der Waals surface area (Å²) in [6.07, 6.45) is 11.5. The van der Waals surface area contributed by atoms with Crippen LogP contribution in [0.3, 0.4) is 0 Å². The number of rotatable bonds is 1. The number of hydrogen-bond acceptors (Lipinski definition) is 1. The second kappa shape index (κ2) is 2.89. The molecule has 0 aromatic carbocycles. The molecule has 0 aromatic heterocycles. The molecule has 1 aliphatic rings. The first kappa shape index (κ1) is 6.64. The lowest BCUT2D eigenvalue weighted by molar-refractivity contribution is 0.254. The fourth-order valence-corrected chi connectivity index (χ4v) is 0.667. The smallest absolute Gasteiger partial charge is 0.121 e. The Morgan fingerprint density at radius 2 is 2.00 bits per heavy atom. The van der Waals surface area contributed by atoms with Gasteiger partial charge in [0.25, 0.3) is 0 Å². The van der Waals surface area contributed by atoms with Gasteiger partial charge in [0.05, 0.1) is 0 Å². The van der Waals surface area contributed by atoms with Crippen molar-refractivity contribution in [2.24, 2.45) is 0 Å². The molecule has 0 bridgehead atoms. The zero-order chi connectivity index (χ0) is 6.69. The van der Waals surface area contributed by atoms with Crippen molar-refractivity contribution < 1.29 is 5.11 Å². The molecule has 0 heterocycles. The minimum Gasteiger partial charge on any atom is -0.380 e. The number of aliphatic hydroxyl groups excluding tert-OH is 1. The van der Waals surface area contributed by atoms with Crippen molar-refractivity contribution in [3.63, 3.8) is 0 Å². The van der Waals surface area contributed by atoms with E-state index in [2.05, 4.69) is 5.92 Å². The molecular formula is C8H7O. The van der Waals surface area contributed by atoms with Crippen LogP contribution in [0.15, 0.2) is 0 Å². The molecule has 0 spiro atoms. The lowest BCUT2D eigenvalue weighted by Gasteiger charge is -2.08. The Morgan fingerprint density at radius 3 is 2.44 bits per heavy atom. The summed E-state index contributed by atoms with van der Waals surface area (Å²) in [5, 5.41) is 8.98. The van der Waals surface area contributed by atoms with Crippen molar-refractivity contribution in [1.29, 1.82) is 0 Å². The molecule has 1 N–H and O–H groups in total. The minimum atomic E-state index is -0.736. The van der Waals surface area contributed by atoms with E-state index in [-0.39, 0.29) is 0 Å². The maximum atomic E-state index is 8.98. The Morgan fingerprint density at radius 1 is 1.44 bits per heavy atom. The highest BCUT2D eigenvalue weighted by molar-refractivity contribution is 5.40. The maximum Gasteiger partial charge on any atom is 0.121 e. The van der Waals surface area contributed by atoms with E-state index in [0.717, 1.165) is 5.92 Å². The molecule has 0 amide bonds. The molecule has 1 unspecified atom stereocenters. The number of terminal acetylenes is 1. The third-order valence-corrected chi connectivity index (χ3v) is 1.16. The summed E-state index contributed by atoms with van der Waals surface area (Å²) in [4.78, 5) is 0. The summed E-state index contributed by atoms with van der Waals surface area (Å²) in [5.74, 6) is 3.01. The standard InChI is InChI=1S/C8H7O/c1-2-8(9)7-5-3-4-6-7/h1,3-6,8-9H. The van der Waals surface area contributed by atoms with Crippen molar-refractivity contribution in [2.75, 3.05) is 0 Å². The average Bonchev–Trinajstić information content (AvgIpc) is 2.37. The van der Waals surface area contributed by atoms with E-state index in [1.165, 1.54) is 0 Å². The Bertz CT molecular complexity index is 117. The van der Waals surface area contributed by atoms with E-state index in [4.69, 9.17) is 11.5 Å². The van der Waals surface area contributed by atoms with Crippen LogP contribution in [0.25, 0.3) is 0 Å². The summed E-state index contributed by atoms with van der Waals surface area (Å²) in [5.41, 5.74) is 0. The largest absolute Gasteiger partial charge is 0.380 e. The Balaban J connectivity index is 2.34. The third-order valence-electron chi connectivity index (χ3n) is 1.16. The van der Waals surface area contributed by atoms with Crippen LogP contribution in [0, 0.1) is 43.9 Å². The van der Waals surface area contributed by atoms with E-state index in [9.17, 15) is 0 Å². The van der Waals surface area contributed by atoms with Crippen LogP contribution in [0.4, 0.5) is 0 Å². The van der Waals surface area contributed by atoms with Gasteiger partial charge in [0.15, 0.2) is 0 Å². The molecule has 0 aromatic rings. The normalized spacial score (nSPS) is 23.6. The van der Waals surface area contributed by atoms with Crippen molar-refractivity contribution in [1.82, 2.24) is 0 Å². The molecule has 0 saturated heterocycles. The minimum absolute atomic E-state index is 0.736. The van der Waals surface area contributed by atoms with Gasteiger partial charge < -0.3 is 5.11 Å². The first-order chi connectivity index (χ1) is 4.34. The van der Waals surface area contributed by atoms with E-state index < -0.39 is 6.10 Å². The molecule has 5 radical (unpaired) electrons. The fourth-order valence-electron chi connectivity index (χ4n) is 0.667. The highest BCUT2D eigenvalue weighted by Gasteiger charge is 2.22. The molecule has 1 fully saturated rings. The molecule has 1 aliphatic carbocycles. The zero-order valence-electron chi connectivity index (χ0n) is 4.91. The lowest BCUT2D eigenvalue weighted by atomic mass is 10.0. The molecule has 1 atom stereocenters. The van der Waals surface area contributed by atoms with Crippen LogP contribution in [0.1, 0.15) is 0 Å². The van der Waals surface area contributed by atoms with Gasteiger partial charge in [0, 0.05) is 5.92 Å². The molecule has 0 aliphatic heterocycles. The number of aliphatic hydroxyl groups is 1. The van der Waals surface area contributed by atoms with E-state index in [1.54, 1.807) is 12.8 Å². The topological polar surface area (TPSA) is 20.2 Å². The Labute approximate surface area is 56.1 Å². The van der Waals surface area contributed by atoms with Gasteiger partial charge >= 0.3 is 0 Å². The summed E-state index contributed by atoms with van der Waals surface area (Å²) in [7, 11) is 0. The lowest BCUT2D eigenvalue weighted by Crippen LogP contribution is -2.12. The van der Waals surface area contributed by atoms with Crippen molar-refractivity contribution >= 4 is 0 Å². The third kappa shape index (κ3) is 1.46. The quantitative estimate of drug-likeness (QED) is 0.495. The van der Waals surface area contributed by atoms with Gasteiger partial charge in [-0.05, 0) is 25.7 Å². The van der Waals surface area contributed by atoms with Crippen LogP contribution >= 0.6 is 0 Å². The summed E-state index contributed by atoms with van der Waals surface area (Å²) < 4.78 is 0. The zero-order valence-corrected chi connectivity index (χ0v) is 4.91. The first-order valence-electron chi connectivity index (χ1n) is 2.70. The SMILES string of the molecule is C#CC(O)[C]1[CH][CH][CH][CH]1. The van der Waals surface area contributed by atoms with Gasteiger partial charge in [-0.2, -0.15) is 0 Å². The molecule has 1 nitrogen and oxygen atoms in total. The summed E-state index contributed by atoms with van der Waals surface area (Å²) >= 11 is 0. The monoisotopic (exact) mass is 119 g/mol. The van der Waals surface area contributed by atoms with E-state index in [0.29, 0.717) is 0 Å². The van der Waals surface area contributed by atoms with Crippen molar-refractivity contribution in [3.8, 4) is 12.3 Å². The predicted molar refractivity (Wildman–Crippen MR) is 35.3 cm³/mol. The van der Waals surface area contributed by atoms with E-state index >= 15 is 0 Å². The maximum absolute atomic E-state index is 8.98. The van der Waals surface area contributed by atoms with Crippen LogP contribution in [0.5, 0.6) is 0 Å². The van der Waals surface area contributed by atoms with Gasteiger partial charge in [-0.3, -0.25) is 0 Å². The highest BCUT2D eigenvalue weighted by atomic mass is 16.3. The Hall–Kier alpha value is -0.480. The van der Waals surface area contributed by atoms with Crippen LogP contribution in [-0.2, 0) is 0 Å². The van der Waals surface area contributed by atoms with E-state index in [1.807, 2.05) is 12.8 Å². The van der Waals surface area contributed by atoms with Crippen molar-refractivity contribution in [2.45, 2.75) is 6.10 Å². The number of hydrogen-bond donors (Lipinski definition) is 1. The molecule has 9 heavy (non-hydrogen) atoms. The Kier molecular flexibility index (Phi) is 2.13. The van der Waals surface area contributed by atoms with Gasteiger partial charge in [0.2, 0.25) is 0 Å². The second-order valence-corrected chi connectivity index (χ2v) is 1.79. The molecule has 1 saturated carbocycles. The second-order valence-electron chi connectivity index (χ2n) is 1.79. The summed E-state index contributed by atoms with van der Waals surface area (Å²) in [6.45, 7) is 0. The predicted octanol–water partition coefficient (Wildman–Crippen LogP) is 0.386. The van der Waals surface area contributed by atoms with Gasteiger partial charge in [0.1, 0.15) is 6.10 Å². The molecule has 1 rings (SSSR count). The van der Waals surface area contributed by atoms with Crippen LogP contribution in [0.2, 0.25) is 0 Å².